The van der Waals surface area contributed by atoms with E-state index in [-0.39, 0.29) is 29.2 Å². The molecule has 1 aromatic heterocycles. The number of ether oxygens (including phenoxy) is 1. The largest absolute Gasteiger partial charge is 0.372 e. The van der Waals surface area contributed by atoms with Crippen molar-refractivity contribution in [1.29, 1.82) is 5.26 Å². The molecule has 2 aliphatic rings. The van der Waals surface area contributed by atoms with Crippen LogP contribution in [0.3, 0.4) is 0 Å². The van der Waals surface area contributed by atoms with Gasteiger partial charge in [-0.25, -0.2) is 0 Å². The molecule has 0 spiro atoms. The van der Waals surface area contributed by atoms with E-state index in [1.165, 1.54) is 11.8 Å². The van der Waals surface area contributed by atoms with E-state index in [4.69, 9.17) is 17.0 Å². The van der Waals surface area contributed by atoms with Gasteiger partial charge in [0.05, 0.1) is 17.1 Å². The highest BCUT2D eigenvalue weighted by atomic mass is 32.2. The molecule has 0 saturated carbocycles. The third-order valence-corrected chi connectivity index (χ3v) is 7.27. The van der Waals surface area contributed by atoms with Gasteiger partial charge in [-0.2, -0.15) is 5.26 Å². The van der Waals surface area contributed by atoms with Crippen LogP contribution in [0.5, 0.6) is 0 Å². The zero-order valence-electron chi connectivity index (χ0n) is 20.0. The fourth-order valence-electron chi connectivity index (χ4n) is 4.41. The van der Waals surface area contributed by atoms with Crippen LogP contribution in [-0.4, -0.2) is 51.5 Å². The summed E-state index contributed by atoms with van der Waals surface area (Å²) in [5.74, 6) is 0.637. The maximum atomic E-state index is 13.4. The summed E-state index contributed by atoms with van der Waals surface area (Å²) >= 11 is 6.72. The minimum Gasteiger partial charge on any atom is -0.372 e. The van der Waals surface area contributed by atoms with Crippen molar-refractivity contribution in [3.8, 4) is 6.07 Å². The molecule has 33 heavy (non-hydrogen) atoms. The minimum absolute atomic E-state index is 0.00459. The van der Waals surface area contributed by atoms with Crippen molar-refractivity contribution in [2.45, 2.75) is 72.6 Å². The van der Waals surface area contributed by atoms with E-state index in [0.29, 0.717) is 41.0 Å². The van der Waals surface area contributed by atoms with Crippen molar-refractivity contribution in [1.82, 2.24) is 9.47 Å². The lowest BCUT2D eigenvalue weighted by Gasteiger charge is -2.39. The Hall–Kier alpha value is -2.15. The van der Waals surface area contributed by atoms with E-state index in [2.05, 4.69) is 17.9 Å². The van der Waals surface area contributed by atoms with Gasteiger partial charge in [0.1, 0.15) is 21.8 Å². The van der Waals surface area contributed by atoms with Crippen LogP contribution in [-0.2, 0) is 16.1 Å². The molecule has 1 aromatic rings. The van der Waals surface area contributed by atoms with Gasteiger partial charge in [0.25, 0.3) is 11.5 Å². The second-order valence-corrected chi connectivity index (χ2v) is 10.3. The molecule has 3 rings (SSSR count). The average molecular weight is 489 g/mol. The van der Waals surface area contributed by atoms with Crippen molar-refractivity contribution in [2.75, 3.05) is 24.5 Å². The summed E-state index contributed by atoms with van der Waals surface area (Å²) in [5.41, 5.74) is 1.18. The van der Waals surface area contributed by atoms with Gasteiger partial charge in [0, 0.05) is 31.7 Å². The van der Waals surface area contributed by atoms with E-state index in [1.807, 2.05) is 26.8 Å². The number of morpholine rings is 1. The first-order valence-corrected chi connectivity index (χ1v) is 12.8. The molecule has 9 heteroatoms. The van der Waals surface area contributed by atoms with E-state index in [9.17, 15) is 14.9 Å². The molecule has 3 heterocycles. The van der Waals surface area contributed by atoms with Crippen LogP contribution in [0.1, 0.15) is 63.6 Å². The number of aromatic nitrogens is 1. The number of thioether (sulfide) groups is 1. The first-order chi connectivity index (χ1) is 15.7. The molecule has 2 atom stereocenters. The number of carbonyl (C=O) groups is 1. The monoisotopic (exact) mass is 488 g/mol. The standard InChI is InChI=1S/C24H32N4O3S2/c1-6-8-10-27-21(26-13-15(3)31-16(4)14-26)18(17(5)19(12-25)22(27)29)11-20-23(30)28(9-7-2)24(32)33-20/h11,15-16H,6-10,13-14H2,1-5H3/b20-11+. The Balaban J connectivity index is 2.25. The van der Waals surface area contributed by atoms with Crippen molar-refractivity contribution in [3.63, 3.8) is 0 Å². The molecule has 0 aliphatic carbocycles. The highest BCUT2D eigenvalue weighted by molar-refractivity contribution is 8.26. The molecule has 2 saturated heterocycles. The Kier molecular flexibility index (Phi) is 8.38. The molecule has 2 aliphatic heterocycles. The van der Waals surface area contributed by atoms with Crippen LogP contribution >= 0.6 is 24.0 Å². The molecule has 178 valence electrons. The maximum absolute atomic E-state index is 13.4. The number of anilines is 1. The number of pyridine rings is 1. The number of thiocarbonyl (C=S) groups is 1. The topological polar surface area (TPSA) is 78.6 Å². The fraction of sp³-hybridized carbons (Fsp3) is 0.583. The molecule has 2 fully saturated rings. The Morgan fingerprint density at radius 2 is 1.85 bits per heavy atom. The Bertz CT molecular complexity index is 1060. The summed E-state index contributed by atoms with van der Waals surface area (Å²) < 4.78 is 8.19. The predicted octanol–water partition coefficient (Wildman–Crippen LogP) is 4.05. The average Bonchev–Trinajstić information content (AvgIpc) is 3.02. The van der Waals surface area contributed by atoms with Crippen LogP contribution in [0.4, 0.5) is 5.82 Å². The highest BCUT2D eigenvalue weighted by Gasteiger charge is 2.33. The number of nitrogens with zero attached hydrogens (tertiary/aromatic N) is 4. The van der Waals surface area contributed by atoms with Gasteiger partial charge in [-0.3, -0.25) is 19.1 Å². The summed E-state index contributed by atoms with van der Waals surface area (Å²) in [5, 5.41) is 9.81. The van der Waals surface area contributed by atoms with Gasteiger partial charge in [-0.05, 0) is 45.3 Å². The lowest BCUT2D eigenvalue weighted by Crippen LogP contribution is -2.48. The summed E-state index contributed by atoms with van der Waals surface area (Å²) in [7, 11) is 0. The molecule has 0 radical (unpaired) electrons. The summed E-state index contributed by atoms with van der Waals surface area (Å²) in [6.45, 7) is 12.2. The number of amides is 1. The quantitative estimate of drug-likeness (QED) is 0.423. The molecule has 0 aromatic carbocycles. The summed E-state index contributed by atoms with van der Waals surface area (Å²) in [4.78, 5) is 30.7. The van der Waals surface area contributed by atoms with Crippen molar-refractivity contribution in [3.05, 3.63) is 31.9 Å². The molecule has 0 N–H and O–H groups in total. The van der Waals surface area contributed by atoms with Gasteiger partial charge in [-0.15, -0.1) is 0 Å². The number of rotatable bonds is 7. The van der Waals surface area contributed by atoms with Crippen LogP contribution in [0.15, 0.2) is 9.70 Å². The van der Waals surface area contributed by atoms with Gasteiger partial charge < -0.3 is 9.64 Å². The van der Waals surface area contributed by atoms with E-state index < -0.39 is 0 Å². The number of nitriles is 1. The van der Waals surface area contributed by atoms with E-state index >= 15 is 0 Å². The fourth-order valence-corrected chi connectivity index (χ4v) is 5.70. The molecular weight excluding hydrogens is 456 g/mol. The van der Waals surface area contributed by atoms with Crippen molar-refractivity contribution >= 4 is 46.1 Å². The number of unbranched alkanes of at least 4 members (excludes halogenated alkanes) is 1. The molecule has 7 nitrogen and oxygen atoms in total. The van der Waals surface area contributed by atoms with Gasteiger partial charge in [0.2, 0.25) is 0 Å². The van der Waals surface area contributed by atoms with Gasteiger partial charge in [0.15, 0.2) is 0 Å². The predicted molar refractivity (Wildman–Crippen MR) is 137 cm³/mol. The molecular formula is C24H32N4O3S2. The Morgan fingerprint density at radius 1 is 1.18 bits per heavy atom. The highest BCUT2D eigenvalue weighted by Crippen LogP contribution is 2.36. The lowest BCUT2D eigenvalue weighted by molar-refractivity contribution is -0.122. The van der Waals surface area contributed by atoms with E-state index in [0.717, 1.165) is 30.6 Å². The zero-order valence-corrected chi connectivity index (χ0v) is 21.6. The van der Waals surface area contributed by atoms with Gasteiger partial charge in [-0.1, -0.05) is 44.2 Å². The first kappa shape index (κ1) is 25.5. The van der Waals surface area contributed by atoms with Crippen molar-refractivity contribution < 1.29 is 9.53 Å². The number of carbonyl (C=O) groups excluding carboxylic acids is 1. The third kappa shape index (κ3) is 5.18. The second-order valence-electron chi connectivity index (χ2n) is 8.66. The SMILES string of the molecule is CCCCn1c(N2CC(C)OC(C)C2)c(/C=C2/SC(=S)N(CCC)C2=O)c(C)c(C#N)c1=O. The second kappa shape index (κ2) is 10.9. The van der Waals surface area contributed by atoms with Crippen LogP contribution in [0.25, 0.3) is 6.08 Å². The third-order valence-electron chi connectivity index (χ3n) is 5.90. The Morgan fingerprint density at radius 3 is 2.42 bits per heavy atom. The van der Waals surface area contributed by atoms with Gasteiger partial charge >= 0.3 is 0 Å². The Labute approximate surface area is 205 Å². The van der Waals surface area contributed by atoms with E-state index in [1.54, 1.807) is 16.4 Å². The summed E-state index contributed by atoms with van der Waals surface area (Å²) in [6.07, 6.45) is 4.36. The maximum Gasteiger partial charge on any atom is 0.270 e. The minimum atomic E-state index is -0.277. The molecule has 2 unspecified atom stereocenters. The molecule has 1 amide bonds. The summed E-state index contributed by atoms with van der Waals surface area (Å²) in [6, 6.07) is 2.11. The normalized spacial score (nSPS) is 22.4. The molecule has 0 bridgehead atoms. The van der Waals surface area contributed by atoms with Crippen LogP contribution in [0.2, 0.25) is 0 Å². The lowest BCUT2D eigenvalue weighted by atomic mass is 10.0. The van der Waals surface area contributed by atoms with Crippen molar-refractivity contribution in [2.24, 2.45) is 0 Å². The smallest absolute Gasteiger partial charge is 0.270 e. The zero-order chi connectivity index (χ0) is 24.3. The van der Waals surface area contributed by atoms with Crippen LogP contribution in [0, 0.1) is 18.3 Å². The van der Waals surface area contributed by atoms with Crippen LogP contribution < -0.4 is 10.5 Å². The number of hydrogen-bond donors (Lipinski definition) is 0. The first-order valence-electron chi connectivity index (χ1n) is 11.6. The number of hydrogen-bond acceptors (Lipinski definition) is 7.